The highest BCUT2D eigenvalue weighted by molar-refractivity contribution is 6.91. The Hall–Kier alpha value is -12.5. The average Bonchev–Trinajstić information content (AvgIpc) is 1.41. The lowest BCUT2D eigenvalue weighted by atomic mass is 9.44. The second kappa shape index (κ2) is 25.9. The molecule has 0 radical (unpaired) electrons. The van der Waals surface area contributed by atoms with E-state index < -0.39 is 5.41 Å². The maximum atomic E-state index is 7.47. The van der Waals surface area contributed by atoms with Crippen molar-refractivity contribution in [3.63, 3.8) is 0 Å². The molecule has 0 saturated heterocycles. The summed E-state index contributed by atoms with van der Waals surface area (Å²) in [7, 11) is 0. The van der Waals surface area contributed by atoms with Gasteiger partial charge in [0.05, 0.1) is 0 Å². The number of nitrogens with zero attached hydrogens (tertiary/aromatic N) is 4. The summed E-state index contributed by atoms with van der Waals surface area (Å²) in [6.45, 7) is 55.1. The molecule has 0 bridgehead atoms. The van der Waals surface area contributed by atoms with Crippen molar-refractivity contribution in [2.24, 2.45) is 0 Å². The molecule has 0 aliphatic carbocycles. The Morgan fingerprint density at radius 1 is 0.266 bits per heavy atom. The van der Waals surface area contributed by atoms with Crippen LogP contribution in [0.1, 0.15) is 209 Å². The number of furan rings is 2. The maximum Gasteiger partial charge on any atom is 0.333 e. The first-order valence-corrected chi connectivity index (χ1v) is 46.7. The number of aromatic nitrogens is 2. The topological polar surface area (TPSA) is 42.6 Å². The van der Waals surface area contributed by atoms with E-state index in [1.807, 2.05) is 0 Å². The molecular weight excluding hydrogens is 1550 g/mol. The summed E-state index contributed by atoms with van der Waals surface area (Å²) in [5.41, 5.74) is 35.8. The lowest BCUT2D eigenvalue weighted by Gasteiger charge is -2.42. The van der Waals surface area contributed by atoms with Crippen LogP contribution < -0.4 is 31.7 Å². The molecular formula is C120H112B2N4O2. The fourth-order valence-electron chi connectivity index (χ4n) is 24.4. The van der Waals surface area contributed by atoms with Crippen LogP contribution in [0, 0.1) is 0 Å². The zero-order valence-electron chi connectivity index (χ0n) is 78.6. The van der Waals surface area contributed by atoms with Crippen molar-refractivity contribution in [2.75, 3.05) is 9.80 Å². The molecule has 4 aliphatic rings. The fourth-order valence-corrected chi connectivity index (χ4v) is 24.4. The highest BCUT2D eigenvalue weighted by Gasteiger charge is 2.49. The number of anilines is 6. The van der Waals surface area contributed by atoms with Gasteiger partial charge in [-0.15, -0.1) is 0 Å². The fraction of sp³-hybridized carbons (Fsp3) is 0.267. The zero-order valence-corrected chi connectivity index (χ0v) is 78.6. The van der Waals surface area contributed by atoms with Crippen LogP contribution in [-0.2, 0) is 49.7 Å². The smallest absolute Gasteiger partial charge is 0.333 e. The molecule has 0 fully saturated rings. The number of rotatable bonds is 5. The van der Waals surface area contributed by atoms with Crippen molar-refractivity contribution in [1.29, 1.82) is 0 Å². The van der Waals surface area contributed by atoms with Gasteiger partial charge in [0, 0.05) is 122 Å². The third kappa shape index (κ3) is 11.1. The summed E-state index contributed by atoms with van der Waals surface area (Å²) in [5, 5.41) is 20.1. The predicted octanol–water partition coefficient (Wildman–Crippen LogP) is 30.8. The molecule has 0 unspecified atom stereocenters. The molecule has 4 aliphatic heterocycles. The number of para-hydroxylation sites is 5. The summed E-state index contributed by atoms with van der Waals surface area (Å²) >= 11 is 0. The van der Waals surface area contributed by atoms with Gasteiger partial charge in [-0.25, -0.2) is 0 Å². The molecule has 20 aromatic rings. The van der Waals surface area contributed by atoms with Crippen molar-refractivity contribution >= 4 is 200 Å². The Kier molecular flexibility index (Phi) is 16.0. The molecule has 6 nitrogen and oxygen atoms in total. The van der Waals surface area contributed by atoms with E-state index in [2.05, 4.69) is 427 Å². The van der Waals surface area contributed by atoms with Crippen molar-refractivity contribution in [3.8, 4) is 22.3 Å². The Bertz CT molecular complexity index is 8350. The van der Waals surface area contributed by atoms with Crippen molar-refractivity contribution < 1.29 is 8.83 Å². The average molecular weight is 1660 g/mol. The van der Waals surface area contributed by atoms with Crippen LogP contribution in [0.2, 0.25) is 0 Å². The van der Waals surface area contributed by atoms with E-state index in [9.17, 15) is 0 Å². The summed E-state index contributed by atoms with van der Waals surface area (Å²) in [5.74, 6) is 0. The SMILES string of the molecule is CC(C)(C)c1cc(N2c3cc4c(C(C)(C)C)c5ccccc5c(C(C)(C)C)c4cc3B3c4c2cc2c(oc5ccccc52)c4-c2cccc4c5cc(CC(C)(C)c6cc(N7c8cc9c(C(C)(C)C)c%10ccccc%10c(C(C)(C)C)c9cc8B8c9c7cc7oc%10ccccc%10c7c9-c7cccc9c%10ccccc%10n8c79)cc(C(C)(C)C)c6)ccc5n3c24)cc(C(C)(C)C)c1. The van der Waals surface area contributed by atoms with Crippen molar-refractivity contribution in [1.82, 2.24) is 8.96 Å². The molecule has 8 heteroatoms. The van der Waals surface area contributed by atoms with Gasteiger partial charge in [-0.1, -0.05) is 329 Å². The molecule has 0 saturated carbocycles. The van der Waals surface area contributed by atoms with Crippen molar-refractivity contribution in [2.45, 2.75) is 209 Å². The Labute approximate surface area is 752 Å². The van der Waals surface area contributed by atoms with Crippen LogP contribution in [0.5, 0.6) is 0 Å². The van der Waals surface area contributed by atoms with Crippen molar-refractivity contribution in [3.05, 3.63) is 299 Å². The van der Waals surface area contributed by atoms with E-state index in [0.29, 0.717) is 0 Å². The van der Waals surface area contributed by atoms with Crippen LogP contribution >= 0.6 is 0 Å². The molecule has 0 atom stereocenters. The molecule has 4 aromatic heterocycles. The summed E-state index contributed by atoms with van der Waals surface area (Å²) in [6, 6.07) is 97.9. The second-order valence-corrected chi connectivity index (χ2v) is 46.2. The minimum atomic E-state index is -0.411. The highest BCUT2D eigenvalue weighted by atomic mass is 16.3. The molecule has 630 valence electrons. The molecule has 0 N–H and O–H groups in total. The molecule has 8 heterocycles. The van der Waals surface area contributed by atoms with E-state index in [1.54, 1.807) is 0 Å². The quantitative estimate of drug-likeness (QED) is 0.127. The number of hydrogen-bond acceptors (Lipinski definition) is 4. The summed E-state index contributed by atoms with van der Waals surface area (Å²) in [6.07, 6.45) is 0.776. The molecule has 0 spiro atoms. The van der Waals surface area contributed by atoms with E-state index in [1.165, 1.54) is 209 Å². The van der Waals surface area contributed by atoms with Gasteiger partial charge >= 0.3 is 13.7 Å². The predicted molar refractivity (Wildman–Crippen MR) is 552 cm³/mol. The van der Waals surface area contributed by atoms with Gasteiger partial charge < -0.3 is 27.6 Å². The number of fused-ring (bicyclic) bond motifs is 26. The van der Waals surface area contributed by atoms with Crippen LogP contribution in [-0.4, -0.2) is 22.7 Å². The first-order valence-electron chi connectivity index (χ1n) is 46.7. The standard InChI is InChI=1S/C120H112B2N4O2/c1-113(2,3)67-53-68(114(4,5)6)56-71(55-67)123-94-61-87-86(105(117(13,14)15)76-39-25-26-40-77(76)106(87)118(16,17)18)60-91(94)122-109-96(123)63-89-74-37-29-32-48-98(74)128-112(89)103(109)83-46-35-44-80-84-52-66(50-51-93(84)126(122)111(80)83)65-120(22,23)70-54-69(115(7,8)9)57-72(58-70)124-95-62-88-85(104(116(10,11)12)75-38-24-27-41-78(75)107(88)119(19,20)21)59-90(95)121-108-97(124)64-100-101(81-42-30-33-49-99(81)127-100)102(108)82-45-34-43-79-73-36-28-31-47-92(73)125(121)110(79)82/h24-64H,65H2,1-23H3. The number of benzene rings is 16. The van der Waals surface area contributed by atoms with Crippen LogP contribution in [0.15, 0.2) is 258 Å². The van der Waals surface area contributed by atoms with Crippen LogP contribution in [0.4, 0.5) is 34.1 Å². The van der Waals surface area contributed by atoms with Gasteiger partial charge in [0.25, 0.3) is 0 Å². The van der Waals surface area contributed by atoms with Gasteiger partial charge in [0.2, 0.25) is 0 Å². The lowest BCUT2D eigenvalue weighted by molar-refractivity contribution is 0.517. The third-order valence-electron chi connectivity index (χ3n) is 29.9. The van der Waals surface area contributed by atoms with Gasteiger partial charge in [-0.3, -0.25) is 0 Å². The minimum absolute atomic E-state index is 0.145. The third-order valence-corrected chi connectivity index (χ3v) is 29.9. The first-order chi connectivity index (χ1) is 60.7. The normalized spacial score (nSPS) is 14.3. The number of hydrogen-bond donors (Lipinski definition) is 0. The van der Waals surface area contributed by atoms with Gasteiger partial charge in [0.1, 0.15) is 22.3 Å². The summed E-state index contributed by atoms with van der Waals surface area (Å²) < 4.78 is 20.3. The molecule has 0 amide bonds. The Morgan fingerprint density at radius 2 is 0.648 bits per heavy atom. The minimum Gasteiger partial charge on any atom is -0.456 e. The largest absolute Gasteiger partial charge is 0.456 e. The Morgan fingerprint density at radius 3 is 1.14 bits per heavy atom. The zero-order chi connectivity index (χ0) is 88.7. The first kappa shape index (κ1) is 78.9. The van der Waals surface area contributed by atoms with E-state index in [4.69, 9.17) is 8.83 Å². The summed E-state index contributed by atoms with van der Waals surface area (Å²) in [4.78, 5) is 5.41. The van der Waals surface area contributed by atoms with Crippen LogP contribution in [0.3, 0.4) is 0 Å². The monoisotopic (exact) mass is 1660 g/mol. The van der Waals surface area contributed by atoms with E-state index in [0.717, 1.165) is 56.3 Å². The van der Waals surface area contributed by atoms with Crippen LogP contribution in [0.25, 0.3) is 153 Å². The van der Waals surface area contributed by atoms with Gasteiger partial charge in [-0.05, 0) is 243 Å². The lowest BCUT2D eigenvalue weighted by Crippen LogP contribution is -2.56. The molecule has 24 rings (SSSR count). The van der Waals surface area contributed by atoms with Gasteiger partial charge in [-0.2, -0.15) is 0 Å². The van der Waals surface area contributed by atoms with Gasteiger partial charge in [0.15, 0.2) is 0 Å². The highest BCUT2D eigenvalue weighted by Crippen LogP contribution is 2.57. The molecule has 128 heavy (non-hydrogen) atoms. The van der Waals surface area contributed by atoms with E-state index >= 15 is 0 Å². The maximum absolute atomic E-state index is 7.47. The Balaban J connectivity index is 0.749. The van der Waals surface area contributed by atoms with E-state index in [-0.39, 0.29) is 51.6 Å². The molecule has 16 aromatic carbocycles. The second-order valence-electron chi connectivity index (χ2n) is 46.2.